The van der Waals surface area contributed by atoms with Gasteiger partial charge >= 0.3 is 0 Å². The molecule has 0 fully saturated rings. The van der Waals surface area contributed by atoms with Gasteiger partial charge < -0.3 is 10.1 Å². The van der Waals surface area contributed by atoms with E-state index in [1.807, 2.05) is 31.2 Å². The Morgan fingerprint density at radius 3 is 2.61 bits per heavy atom. The molecule has 38 heavy (non-hydrogen) atoms. The van der Waals surface area contributed by atoms with E-state index in [2.05, 4.69) is 84.7 Å². The van der Waals surface area contributed by atoms with Gasteiger partial charge in [-0.3, -0.25) is 14.8 Å². The summed E-state index contributed by atoms with van der Waals surface area (Å²) in [5, 5.41) is 4.73. The lowest BCUT2D eigenvalue weighted by Crippen LogP contribution is -2.53. The van der Waals surface area contributed by atoms with Gasteiger partial charge in [-0.05, 0) is 96.0 Å². The van der Waals surface area contributed by atoms with Crippen LogP contribution in [0.15, 0.2) is 42.9 Å². The first-order chi connectivity index (χ1) is 18.0. The lowest BCUT2D eigenvalue weighted by molar-refractivity contribution is 0.00462. The molecule has 0 saturated heterocycles. The average molecular weight is 531 g/mol. The molecule has 200 valence electrons. The molecule has 2 unspecified atom stereocenters. The molecule has 0 aliphatic carbocycles. The lowest BCUT2D eigenvalue weighted by Gasteiger charge is -2.45. The van der Waals surface area contributed by atoms with Crippen molar-refractivity contribution in [3.05, 3.63) is 64.6 Å². The van der Waals surface area contributed by atoms with Crippen molar-refractivity contribution < 1.29 is 4.74 Å². The molecule has 0 saturated carbocycles. The van der Waals surface area contributed by atoms with Crippen LogP contribution < -0.4 is 10.1 Å². The number of aromatic nitrogens is 3. The van der Waals surface area contributed by atoms with E-state index in [0.717, 1.165) is 57.6 Å². The Labute approximate surface area is 229 Å². The van der Waals surface area contributed by atoms with Gasteiger partial charge in [0, 0.05) is 34.9 Å². The van der Waals surface area contributed by atoms with Crippen LogP contribution in [0.3, 0.4) is 0 Å². The van der Waals surface area contributed by atoms with Crippen molar-refractivity contribution in [3.63, 3.8) is 0 Å². The van der Waals surface area contributed by atoms with Gasteiger partial charge in [-0.2, -0.15) is 0 Å². The topological polar surface area (TPSA) is 66.4 Å². The Bertz CT molecular complexity index is 1440. The molecule has 1 aliphatic heterocycles. The Kier molecular flexibility index (Phi) is 7.15. The molecule has 0 spiro atoms. The molecule has 7 nitrogen and oxygen atoms in total. The number of fused-ring (bicyclic) bond motifs is 3. The van der Waals surface area contributed by atoms with Crippen molar-refractivity contribution in [2.45, 2.75) is 72.6 Å². The first-order valence-electron chi connectivity index (χ1n) is 13.2. The summed E-state index contributed by atoms with van der Waals surface area (Å²) >= 11 is 1.80. The van der Waals surface area contributed by atoms with E-state index in [0.29, 0.717) is 12.1 Å². The number of rotatable bonds is 6. The van der Waals surface area contributed by atoms with Gasteiger partial charge in [0.1, 0.15) is 28.5 Å². The third-order valence-corrected chi connectivity index (χ3v) is 8.75. The Morgan fingerprint density at radius 2 is 1.92 bits per heavy atom. The molecule has 0 bridgehead atoms. The quantitative estimate of drug-likeness (QED) is 0.282. The molecule has 2 atom stereocenters. The van der Waals surface area contributed by atoms with E-state index in [1.54, 1.807) is 23.9 Å². The summed E-state index contributed by atoms with van der Waals surface area (Å²) in [6.07, 6.45) is 3.77. The number of hydrogen-bond donors (Lipinski definition) is 1. The van der Waals surface area contributed by atoms with E-state index < -0.39 is 0 Å². The largest absolute Gasteiger partial charge is 0.455 e. The number of pyridine rings is 1. The Hall–Kier alpha value is -3.07. The maximum absolute atomic E-state index is 6.06. The Balaban J connectivity index is 1.40. The minimum absolute atomic E-state index is 0.113. The van der Waals surface area contributed by atoms with Crippen LogP contribution in [0.2, 0.25) is 0 Å². The predicted molar refractivity (Wildman–Crippen MR) is 157 cm³/mol. The fourth-order valence-electron chi connectivity index (χ4n) is 5.14. The van der Waals surface area contributed by atoms with Crippen LogP contribution in [0.1, 0.15) is 62.2 Å². The molecule has 4 heterocycles. The van der Waals surface area contributed by atoms with Gasteiger partial charge in [-0.1, -0.05) is 6.92 Å². The molecule has 0 amide bonds. The van der Waals surface area contributed by atoms with E-state index in [4.69, 9.17) is 4.74 Å². The zero-order chi connectivity index (χ0) is 27.2. The molecule has 1 N–H and O–H groups in total. The van der Waals surface area contributed by atoms with Crippen LogP contribution in [0.25, 0.3) is 10.2 Å². The van der Waals surface area contributed by atoms with Crippen molar-refractivity contribution in [2.24, 2.45) is 0 Å². The van der Waals surface area contributed by atoms with Crippen molar-refractivity contribution in [1.82, 2.24) is 24.8 Å². The van der Waals surface area contributed by atoms with E-state index >= 15 is 0 Å². The van der Waals surface area contributed by atoms with Crippen molar-refractivity contribution in [2.75, 3.05) is 18.9 Å². The van der Waals surface area contributed by atoms with Gasteiger partial charge in [0.2, 0.25) is 0 Å². The summed E-state index contributed by atoms with van der Waals surface area (Å²) in [7, 11) is 2.22. The number of ether oxygens (including phenoxy) is 1. The standard InChI is InChI=1S/C30H38N6OS/c1-18-13-22(10-12-24(18)37-23-11-9-20(3)31-14-23)34-28-27-26-19(2)15-36(21(4)35(8)30(5,6)7)16-25(26)38-29(27)33-17-32-28/h9-14,17,19,21H,15-16H2,1-8H3,(H,32,33,34). The molecule has 1 aromatic carbocycles. The minimum Gasteiger partial charge on any atom is -0.455 e. The van der Waals surface area contributed by atoms with Crippen molar-refractivity contribution >= 4 is 33.1 Å². The fraction of sp³-hybridized carbons (Fsp3) is 0.433. The summed E-state index contributed by atoms with van der Waals surface area (Å²) in [5.41, 5.74) is 4.48. The van der Waals surface area contributed by atoms with Crippen molar-refractivity contribution in [3.8, 4) is 11.5 Å². The smallest absolute Gasteiger partial charge is 0.145 e. The monoisotopic (exact) mass is 530 g/mol. The van der Waals surface area contributed by atoms with Crippen LogP contribution in [-0.2, 0) is 6.54 Å². The molecule has 8 heteroatoms. The minimum atomic E-state index is 0.113. The highest BCUT2D eigenvalue weighted by Crippen LogP contribution is 2.43. The number of nitrogens with one attached hydrogen (secondary N) is 1. The van der Waals surface area contributed by atoms with Crippen molar-refractivity contribution in [1.29, 1.82) is 0 Å². The second-order valence-corrected chi connectivity index (χ2v) is 12.5. The number of nitrogens with zero attached hydrogens (tertiary/aromatic N) is 5. The maximum Gasteiger partial charge on any atom is 0.145 e. The third kappa shape index (κ3) is 5.25. The maximum atomic E-state index is 6.06. The zero-order valence-corrected chi connectivity index (χ0v) is 24.5. The molecule has 4 aromatic rings. The van der Waals surface area contributed by atoms with Crippen LogP contribution in [0.5, 0.6) is 11.5 Å². The number of aryl methyl sites for hydroxylation is 2. The lowest BCUT2D eigenvalue weighted by atomic mass is 9.93. The molecule has 5 rings (SSSR count). The molecule has 1 aliphatic rings. The Morgan fingerprint density at radius 1 is 1.13 bits per heavy atom. The van der Waals surface area contributed by atoms with Crippen LogP contribution in [0.4, 0.5) is 11.5 Å². The first kappa shape index (κ1) is 26.5. The van der Waals surface area contributed by atoms with Crippen LogP contribution in [-0.4, -0.2) is 50.0 Å². The highest BCUT2D eigenvalue weighted by atomic mass is 32.1. The van der Waals surface area contributed by atoms with Gasteiger partial charge in [-0.15, -0.1) is 11.3 Å². The van der Waals surface area contributed by atoms with E-state index in [-0.39, 0.29) is 5.54 Å². The number of benzene rings is 1. The van der Waals surface area contributed by atoms with Crippen LogP contribution >= 0.6 is 11.3 Å². The van der Waals surface area contributed by atoms with E-state index in [1.165, 1.54) is 10.4 Å². The summed E-state index contributed by atoms with van der Waals surface area (Å²) < 4.78 is 6.06. The highest BCUT2D eigenvalue weighted by Gasteiger charge is 2.34. The first-order valence-corrected chi connectivity index (χ1v) is 14.0. The summed E-state index contributed by atoms with van der Waals surface area (Å²) in [6, 6.07) is 10.0. The predicted octanol–water partition coefficient (Wildman–Crippen LogP) is 7.23. The fourth-order valence-corrected chi connectivity index (χ4v) is 6.42. The third-order valence-electron chi connectivity index (χ3n) is 7.65. The van der Waals surface area contributed by atoms with Gasteiger partial charge in [-0.25, -0.2) is 9.97 Å². The average Bonchev–Trinajstić information content (AvgIpc) is 3.25. The normalized spacial score (nSPS) is 17.0. The summed E-state index contributed by atoms with van der Waals surface area (Å²) in [5.74, 6) is 2.79. The van der Waals surface area contributed by atoms with Gasteiger partial charge in [0.05, 0.1) is 17.7 Å². The second-order valence-electron chi connectivity index (χ2n) is 11.4. The molecule has 0 radical (unpaired) electrons. The number of hydrogen-bond acceptors (Lipinski definition) is 8. The number of anilines is 2. The SMILES string of the molecule is Cc1ccc(Oc2ccc(Nc3ncnc4sc5c(c34)C(C)CN(C(C)N(C)C(C)(C)C)C5)cc2C)cn1. The second kappa shape index (κ2) is 10.2. The van der Waals surface area contributed by atoms with Gasteiger partial charge in [0.25, 0.3) is 0 Å². The zero-order valence-electron chi connectivity index (χ0n) is 23.7. The van der Waals surface area contributed by atoms with E-state index in [9.17, 15) is 0 Å². The molecule has 3 aromatic heterocycles. The highest BCUT2D eigenvalue weighted by molar-refractivity contribution is 7.19. The molecular weight excluding hydrogens is 492 g/mol. The van der Waals surface area contributed by atoms with Gasteiger partial charge in [0.15, 0.2) is 0 Å². The number of thiophene rings is 1. The van der Waals surface area contributed by atoms with Crippen LogP contribution in [0, 0.1) is 13.8 Å². The molecular formula is C30H38N6OS. The summed E-state index contributed by atoms with van der Waals surface area (Å²) in [6.45, 7) is 17.4. The summed E-state index contributed by atoms with van der Waals surface area (Å²) in [4.78, 5) is 21.1.